The molecule has 0 aliphatic heterocycles. The van der Waals surface area contributed by atoms with Crippen LogP contribution in [0.15, 0.2) is 24.8 Å². The number of allylic oxidation sites excluding steroid dienone is 2. The van der Waals surface area contributed by atoms with Gasteiger partial charge in [-0.1, -0.05) is 30.3 Å². The van der Waals surface area contributed by atoms with Gasteiger partial charge in [0, 0.05) is 6.08 Å². The Balaban J connectivity index is 3.75. The standard InChI is InChI=1S/C11H10O3/c1-2-3-7-10-14-11(13)8-5-4-6-9-12/h2,5,8,12H,1,9-10H2/b8-5+. The third-order valence-corrected chi connectivity index (χ3v) is 0.975. The van der Waals surface area contributed by atoms with Crippen LogP contribution in [0.2, 0.25) is 0 Å². The van der Waals surface area contributed by atoms with E-state index in [2.05, 4.69) is 35.0 Å². The van der Waals surface area contributed by atoms with Crippen LogP contribution in [0.3, 0.4) is 0 Å². The van der Waals surface area contributed by atoms with Crippen LogP contribution < -0.4 is 0 Å². The molecule has 0 aromatic carbocycles. The Bertz CT molecular complexity index is 331. The van der Waals surface area contributed by atoms with E-state index in [0.717, 1.165) is 6.08 Å². The lowest BCUT2D eigenvalue weighted by molar-refractivity contribution is -0.136. The number of carbonyl (C=O) groups is 1. The number of hydrogen-bond donors (Lipinski definition) is 1. The summed E-state index contributed by atoms with van der Waals surface area (Å²) in [5.41, 5.74) is 0. The smallest absolute Gasteiger partial charge is 0.332 e. The molecule has 0 bridgehead atoms. The van der Waals surface area contributed by atoms with Crippen molar-refractivity contribution in [1.82, 2.24) is 0 Å². The molecule has 0 unspecified atom stereocenters. The molecule has 0 aliphatic carbocycles. The molecule has 1 N–H and O–H groups in total. The Morgan fingerprint density at radius 2 is 2.21 bits per heavy atom. The number of esters is 1. The molecule has 0 aromatic rings. The quantitative estimate of drug-likeness (QED) is 0.386. The fourth-order valence-corrected chi connectivity index (χ4v) is 0.483. The highest BCUT2D eigenvalue weighted by Crippen LogP contribution is 1.80. The van der Waals surface area contributed by atoms with Crippen LogP contribution in [0, 0.1) is 23.7 Å². The monoisotopic (exact) mass is 190 g/mol. The van der Waals surface area contributed by atoms with E-state index in [-0.39, 0.29) is 13.2 Å². The lowest BCUT2D eigenvalue weighted by atomic mass is 10.5. The molecule has 0 spiro atoms. The van der Waals surface area contributed by atoms with Crippen LogP contribution in [0.1, 0.15) is 0 Å². The second-order valence-corrected chi connectivity index (χ2v) is 1.95. The van der Waals surface area contributed by atoms with E-state index in [1.165, 1.54) is 12.2 Å². The molecule has 0 saturated heterocycles. The summed E-state index contributed by atoms with van der Waals surface area (Å²) in [4.78, 5) is 10.8. The molecule has 3 heteroatoms. The molecule has 0 atom stereocenters. The molecule has 72 valence electrons. The van der Waals surface area contributed by atoms with Crippen molar-refractivity contribution in [2.24, 2.45) is 0 Å². The number of ether oxygens (including phenoxy) is 1. The normalized spacial score (nSPS) is 8.07. The number of hydrogen-bond acceptors (Lipinski definition) is 3. The van der Waals surface area contributed by atoms with Gasteiger partial charge < -0.3 is 9.84 Å². The summed E-state index contributed by atoms with van der Waals surface area (Å²) in [6.07, 6.45) is 3.88. The van der Waals surface area contributed by atoms with E-state index < -0.39 is 5.97 Å². The highest BCUT2D eigenvalue weighted by atomic mass is 16.5. The largest absolute Gasteiger partial charge is 0.449 e. The van der Waals surface area contributed by atoms with Crippen LogP contribution in [0.25, 0.3) is 0 Å². The molecule has 0 radical (unpaired) electrons. The summed E-state index contributed by atoms with van der Waals surface area (Å²) >= 11 is 0. The zero-order valence-corrected chi connectivity index (χ0v) is 7.62. The molecule has 0 aliphatic rings. The average Bonchev–Trinajstić information content (AvgIpc) is 2.19. The molecule has 0 saturated carbocycles. The first-order chi connectivity index (χ1) is 6.81. The highest BCUT2D eigenvalue weighted by molar-refractivity contribution is 5.82. The van der Waals surface area contributed by atoms with Crippen molar-refractivity contribution in [1.29, 1.82) is 0 Å². The van der Waals surface area contributed by atoms with E-state index >= 15 is 0 Å². The van der Waals surface area contributed by atoms with Gasteiger partial charge in [-0.15, -0.1) is 0 Å². The van der Waals surface area contributed by atoms with Crippen molar-refractivity contribution in [3.63, 3.8) is 0 Å². The predicted molar refractivity (Wildman–Crippen MR) is 52.9 cm³/mol. The third-order valence-electron chi connectivity index (χ3n) is 0.975. The van der Waals surface area contributed by atoms with E-state index in [1.807, 2.05) is 0 Å². The van der Waals surface area contributed by atoms with Crippen molar-refractivity contribution in [2.45, 2.75) is 0 Å². The molecule has 0 aromatic heterocycles. The van der Waals surface area contributed by atoms with Crippen LogP contribution >= 0.6 is 0 Å². The van der Waals surface area contributed by atoms with Gasteiger partial charge in [-0.3, -0.25) is 0 Å². The van der Waals surface area contributed by atoms with Gasteiger partial charge in [-0.05, 0) is 12.2 Å². The molecule has 0 fully saturated rings. The predicted octanol–water partition coefficient (Wildman–Crippen LogP) is 0.271. The molecular formula is C11H10O3. The Labute approximate surface area is 83.1 Å². The summed E-state index contributed by atoms with van der Waals surface area (Å²) in [5, 5.41) is 8.28. The van der Waals surface area contributed by atoms with Crippen molar-refractivity contribution in [3.05, 3.63) is 24.8 Å². The van der Waals surface area contributed by atoms with Crippen molar-refractivity contribution >= 4 is 5.97 Å². The SMILES string of the molecule is C=CC#CCOC(=O)/C=C/C#CCO. The number of aliphatic hydroxyl groups excluding tert-OH is 1. The Morgan fingerprint density at radius 3 is 2.86 bits per heavy atom. The molecule has 0 rings (SSSR count). The maximum Gasteiger partial charge on any atom is 0.332 e. The zero-order valence-electron chi connectivity index (χ0n) is 7.62. The minimum Gasteiger partial charge on any atom is -0.449 e. The minimum atomic E-state index is -0.518. The second-order valence-electron chi connectivity index (χ2n) is 1.95. The second kappa shape index (κ2) is 9.12. The van der Waals surface area contributed by atoms with Crippen LogP contribution in [0.4, 0.5) is 0 Å². The Morgan fingerprint density at radius 1 is 1.43 bits per heavy atom. The van der Waals surface area contributed by atoms with E-state index in [4.69, 9.17) is 5.11 Å². The van der Waals surface area contributed by atoms with Crippen LogP contribution in [0.5, 0.6) is 0 Å². The Kier molecular flexibility index (Phi) is 7.84. The molecular weight excluding hydrogens is 180 g/mol. The first-order valence-corrected chi connectivity index (χ1v) is 3.83. The van der Waals surface area contributed by atoms with Gasteiger partial charge in [-0.25, -0.2) is 4.79 Å². The van der Waals surface area contributed by atoms with E-state index in [1.54, 1.807) is 0 Å². The summed E-state index contributed by atoms with van der Waals surface area (Å²) in [7, 11) is 0. The van der Waals surface area contributed by atoms with E-state index in [9.17, 15) is 4.79 Å². The van der Waals surface area contributed by atoms with Gasteiger partial charge in [0.1, 0.15) is 6.61 Å². The van der Waals surface area contributed by atoms with Gasteiger partial charge in [0.05, 0.1) is 0 Å². The lowest BCUT2D eigenvalue weighted by Gasteiger charge is -1.91. The van der Waals surface area contributed by atoms with Crippen molar-refractivity contribution in [3.8, 4) is 23.7 Å². The van der Waals surface area contributed by atoms with Crippen LogP contribution in [-0.4, -0.2) is 24.3 Å². The van der Waals surface area contributed by atoms with Gasteiger partial charge >= 0.3 is 5.97 Å². The first-order valence-electron chi connectivity index (χ1n) is 3.83. The van der Waals surface area contributed by atoms with E-state index in [0.29, 0.717) is 0 Å². The number of rotatable bonds is 2. The summed E-state index contributed by atoms with van der Waals surface area (Å²) in [6.45, 7) is 3.18. The van der Waals surface area contributed by atoms with Crippen molar-refractivity contribution in [2.75, 3.05) is 13.2 Å². The van der Waals surface area contributed by atoms with Gasteiger partial charge in [0.2, 0.25) is 0 Å². The van der Waals surface area contributed by atoms with Gasteiger partial charge in [0.25, 0.3) is 0 Å². The topological polar surface area (TPSA) is 46.5 Å². The summed E-state index contributed by atoms with van der Waals surface area (Å²) in [6, 6.07) is 0. The van der Waals surface area contributed by atoms with Crippen molar-refractivity contribution < 1.29 is 14.6 Å². The molecule has 3 nitrogen and oxygen atoms in total. The fourth-order valence-electron chi connectivity index (χ4n) is 0.483. The Hall–Kier alpha value is -1.97. The minimum absolute atomic E-state index is 0.0304. The maximum absolute atomic E-state index is 10.8. The van der Waals surface area contributed by atoms with Crippen LogP contribution in [-0.2, 0) is 9.53 Å². The lowest BCUT2D eigenvalue weighted by Crippen LogP contribution is -1.99. The van der Waals surface area contributed by atoms with Gasteiger partial charge in [-0.2, -0.15) is 0 Å². The third kappa shape index (κ3) is 8.13. The van der Waals surface area contributed by atoms with Gasteiger partial charge in [0.15, 0.2) is 6.61 Å². The number of aliphatic hydroxyl groups is 1. The molecule has 0 heterocycles. The summed E-state index contributed by atoms with van der Waals surface area (Å²) in [5.74, 6) is 9.34. The first kappa shape index (κ1) is 12.0. The zero-order chi connectivity index (χ0) is 10.6. The maximum atomic E-state index is 10.8. The number of carbonyl (C=O) groups excluding carboxylic acids is 1. The summed E-state index contributed by atoms with van der Waals surface area (Å²) < 4.78 is 4.65. The average molecular weight is 190 g/mol. The molecule has 0 amide bonds. The molecule has 14 heavy (non-hydrogen) atoms. The highest BCUT2D eigenvalue weighted by Gasteiger charge is 1.91. The fraction of sp³-hybridized carbons (Fsp3) is 0.182.